The number of thioether (sulfide) groups is 1. The molecule has 1 aromatic heterocycles. The molecule has 1 aromatic carbocycles. The molecule has 1 saturated heterocycles. The van der Waals surface area contributed by atoms with Crippen LogP contribution in [0.3, 0.4) is 0 Å². The van der Waals surface area contributed by atoms with Crippen LogP contribution in [0.1, 0.15) is 0 Å². The summed E-state index contributed by atoms with van der Waals surface area (Å²) in [5, 5.41) is 8.09. The standard InChI is InChI=1S/C11H13N3S/c1-2-4-11-10(3-1)9-14(12-11)13-5-7-15-8-6-13/h1-4,9H,5-8H2. The van der Waals surface area contributed by atoms with E-state index in [2.05, 4.69) is 34.5 Å². The zero-order chi connectivity index (χ0) is 10.1. The van der Waals surface area contributed by atoms with E-state index < -0.39 is 0 Å². The molecule has 1 aliphatic rings. The predicted octanol–water partition coefficient (Wildman–Crippen LogP) is 1.72. The number of nitrogens with zero attached hydrogens (tertiary/aromatic N) is 3. The Hall–Kier alpha value is -1.16. The van der Waals surface area contributed by atoms with Crippen LogP contribution in [0.4, 0.5) is 0 Å². The first-order chi connectivity index (χ1) is 7.43. The molecule has 1 fully saturated rings. The molecule has 2 heterocycles. The van der Waals surface area contributed by atoms with Gasteiger partial charge in [-0.15, -0.1) is 0 Å². The Kier molecular flexibility index (Phi) is 2.29. The maximum absolute atomic E-state index is 4.57. The highest BCUT2D eigenvalue weighted by Gasteiger charge is 2.11. The zero-order valence-electron chi connectivity index (χ0n) is 8.47. The Labute approximate surface area is 93.0 Å². The zero-order valence-corrected chi connectivity index (χ0v) is 9.28. The maximum Gasteiger partial charge on any atom is 0.0944 e. The van der Waals surface area contributed by atoms with Crippen molar-refractivity contribution in [1.29, 1.82) is 0 Å². The minimum Gasteiger partial charge on any atom is -0.295 e. The predicted molar refractivity (Wildman–Crippen MR) is 65.0 cm³/mol. The van der Waals surface area contributed by atoms with Crippen LogP contribution in [-0.2, 0) is 0 Å². The van der Waals surface area contributed by atoms with Crippen LogP contribution < -0.4 is 5.01 Å². The first kappa shape index (κ1) is 9.09. The largest absolute Gasteiger partial charge is 0.295 e. The Morgan fingerprint density at radius 2 is 1.93 bits per heavy atom. The van der Waals surface area contributed by atoms with Crippen molar-refractivity contribution >= 4 is 22.7 Å². The summed E-state index contributed by atoms with van der Waals surface area (Å²) in [5.41, 5.74) is 1.08. The summed E-state index contributed by atoms with van der Waals surface area (Å²) in [6.07, 6.45) is 2.12. The minimum absolute atomic E-state index is 1.08. The first-order valence-electron chi connectivity index (χ1n) is 5.21. The van der Waals surface area contributed by atoms with E-state index in [1.165, 1.54) is 16.9 Å². The molecule has 0 saturated carbocycles. The van der Waals surface area contributed by atoms with Crippen molar-refractivity contribution in [1.82, 2.24) is 9.89 Å². The molecule has 0 amide bonds. The molecule has 0 bridgehead atoms. The van der Waals surface area contributed by atoms with Gasteiger partial charge in [0.05, 0.1) is 11.7 Å². The van der Waals surface area contributed by atoms with Crippen molar-refractivity contribution in [2.24, 2.45) is 0 Å². The topological polar surface area (TPSA) is 21.1 Å². The summed E-state index contributed by atoms with van der Waals surface area (Å²) >= 11 is 2.02. The summed E-state index contributed by atoms with van der Waals surface area (Å²) in [5.74, 6) is 2.41. The molecule has 1 aliphatic heterocycles. The number of aromatic nitrogens is 2. The lowest BCUT2D eigenvalue weighted by Gasteiger charge is -2.27. The molecule has 0 atom stereocenters. The first-order valence-corrected chi connectivity index (χ1v) is 6.36. The van der Waals surface area contributed by atoms with Crippen LogP contribution in [0.15, 0.2) is 30.5 Å². The lowest BCUT2D eigenvalue weighted by molar-refractivity contribution is 0.560. The monoisotopic (exact) mass is 219 g/mol. The summed E-state index contributed by atoms with van der Waals surface area (Å²) in [4.78, 5) is 2.00. The maximum atomic E-state index is 4.57. The van der Waals surface area contributed by atoms with E-state index >= 15 is 0 Å². The highest BCUT2D eigenvalue weighted by molar-refractivity contribution is 7.99. The average Bonchev–Trinajstić information content (AvgIpc) is 2.74. The van der Waals surface area contributed by atoms with Crippen LogP contribution in [0.25, 0.3) is 10.9 Å². The summed E-state index contributed by atoms with van der Waals surface area (Å²) < 4.78 is 0. The lowest BCUT2D eigenvalue weighted by Crippen LogP contribution is -2.41. The van der Waals surface area contributed by atoms with Crippen LogP contribution in [0.2, 0.25) is 0 Å². The van der Waals surface area contributed by atoms with Crippen LogP contribution in [0.5, 0.6) is 0 Å². The third kappa shape index (κ3) is 1.69. The normalized spacial score (nSPS) is 17.2. The molecule has 0 radical (unpaired) electrons. The van der Waals surface area contributed by atoms with Gasteiger partial charge in [-0.05, 0) is 6.07 Å². The Bertz CT molecular complexity index is 427. The van der Waals surface area contributed by atoms with E-state index in [1.54, 1.807) is 0 Å². The van der Waals surface area contributed by atoms with Crippen molar-refractivity contribution in [3.63, 3.8) is 0 Å². The van der Waals surface area contributed by atoms with Crippen molar-refractivity contribution in [2.75, 3.05) is 29.6 Å². The molecule has 0 spiro atoms. The summed E-state index contributed by atoms with van der Waals surface area (Å²) in [7, 11) is 0. The fourth-order valence-corrected chi connectivity index (χ4v) is 2.74. The molecule has 78 valence electrons. The summed E-state index contributed by atoms with van der Waals surface area (Å²) in [6.45, 7) is 2.19. The van der Waals surface area contributed by atoms with E-state index in [0.717, 1.165) is 18.6 Å². The Morgan fingerprint density at radius 3 is 2.73 bits per heavy atom. The van der Waals surface area contributed by atoms with Crippen molar-refractivity contribution in [2.45, 2.75) is 0 Å². The Morgan fingerprint density at radius 1 is 1.13 bits per heavy atom. The second kappa shape index (κ2) is 3.77. The van der Waals surface area contributed by atoms with E-state index in [0.29, 0.717) is 0 Å². The second-order valence-corrected chi connectivity index (χ2v) is 4.90. The molecule has 2 aromatic rings. The fraction of sp³-hybridized carbons (Fsp3) is 0.364. The van der Waals surface area contributed by atoms with E-state index in [-0.39, 0.29) is 0 Å². The van der Waals surface area contributed by atoms with Gasteiger partial charge >= 0.3 is 0 Å². The van der Waals surface area contributed by atoms with Gasteiger partial charge in [0.1, 0.15) is 0 Å². The van der Waals surface area contributed by atoms with Crippen molar-refractivity contribution < 1.29 is 0 Å². The van der Waals surface area contributed by atoms with Gasteiger partial charge in [0.25, 0.3) is 0 Å². The molecule has 4 heteroatoms. The molecule has 15 heavy (non-hydrogen) atoms. The van der Waals surface area contributed by atoms with Gasteiger partial charge in [0, 0.05) is 30.0 Å². The van der Waals surface area contributed by atoms with Gasteiger partial charge in [-0.3, -0.25) is 5.01 Å². The number of benzene rings is 1. The minimum atomic E-state index is 1.08. The van der Waals surface area contributed by atoms with Gasteiger partial charge in [0.15, 0.2) is 0 Å². The highest BCUT2D eigenvalue weighted by atomic mass is 32.2. The second-order valence-electron chi connectivity index (χ2n) is 3.67. The van der Waals surface area contributed by atoms with E-state index in [9.17, 15) is 0 Å². The molecule has 0 N–H and O–H groups in total. The van der Waals surface area contributed by atoms with Gasteiger partial charge in [-0.1, -0.05) is 18.2 Å². The van der Waals surface area contributed by atoms with Crippen molar-refractivity contribution in [3.05, 3.63) is 30.5 Å². The SMILES string of the molecule is c1ccc2nn(N3CCSCC3)cc2c1. The lowest BCUT2D eigenvalue weighted by atomic mass is 10.3. The van der Waals surface area contributed by atoms with Gasteiger partial charge < -0.3 is 0 Å². The van der Waals surface area contributed by atoms with Gasteiger partial charge in [-0.2, -0.15) is 21.7 Å². The average molecular weight is 219 g/mol. The molecule has 0 aliphatic carbocycles. The van der Waals surface area contributed by atoms with Crippen LogP contribution in [0, 0.1) is 0 Å². The number of hydrogen-bond acceptors (Lipinski definition) is 3. The number of rotatable bonds is 1. The van der Waals surface area contributed by atoms with E-state index in [1.807, 2.05) is 22.6 Å². The molecule has 0 unspecified atom stereocenters. The van der Waals surface area contributed by atoms with Gasteiger partial charge in [0.2, 0.25) is 0 Å². The fourth-order valence-electron chi connectivity index (χ4n) is 1.85. The van der Waals surface area contributed by atoms with E-state index in [4.69, 9.17) is 0 Å². The van der Waals surface area contributed by atoms with Crippen LogP contribution in [-0.4, -0.2) is 34.5 Å². The smallest absolute Gasteiger partial charge is 0.0944 e. The molecule has 3 rings (SSSR count). The molecular formula is C11H13N3S. The molecular weight excluding hydrogens is 206 g/mol. The van der Waals surface area contributed by atoms with Crippen molar-refractivity contribution in [3.8, 4) is 0 Å². The van der Waals surface area contributed by atoms with Crippen LogP contribution >= 0.6 is 11.8 Å². The third-order valence-electron chi connectivity index (χ3n) is 2.68. The summed E-state index contributed by atoms with van der Waals surface area (Å²) in [6, 6.07) is 8.26. The Balaban J connectivity index is 1.96. The quantitative estimate of drug-likeness (QED) is 0.728. The number of fused-ring (bicyclic) bond motifs is 1. The number of hydrogen-bond donors (Lipinski definition) is 0. The van der Waals surface area contributed by atoms with Gasteiger partial charge in [-0.25, -0.2) is 0 Å². The third-order valence-corrected chi connectivity index (χ3v) is 3.62. The highest BCUT2D eigenvalue weighted by Crippen LogP contribution is 2.13. The molecule has 3 nitrogen and oxygen atoms in total.